The highest BCUT2D eigenvalue weighted by Gasteiger charge is 2.27. The lowest BCUT2D eigenvalue weighted by Gasteiger charge is -2.32. The van der Waals surface area contributed by atoms with E-state index in [9.17, 15) is 0 Å². The first-order valence-corrected chi connectivity index (χ1v) is 3.21. The zero-order chi connectivity index (χ0) is 5.98. The fourth-order valence-corrected chi connectivity index (χ4v) is 0.916. The first kappa shape index (κ1) is 6.05. The standard InChI is InChI=1S/C6H13NO/c1-2-8-6-4-3-5(6)7/h5-6H,2-4,7H2,1H3/t5-,6-/m1/s1. The second-order valence-corrected chi connectivity index (χ2v) is 2.23. The Labute approximate surface area is 50.0 Å². The van der Waals surface area contributed by atoms with Gasteiger partial charge in [-0.25, -0.2) is 0 Å². The van der Waals surface area contributed by atoms with E-state index in [2.05, 4.69) is 0 Å². The van der Waals surface area contributed by atoms with E-state index in [0.29, 0.717) is 12.1 Å². The largest absolute Gasteiger partial charge is 0.377 e. The van der Waals surface area contributed by atoms with Crippen molar-refractivity contribution in [1.29, 1.82) is 0 Å². The first-order chi connectivity index (χ1) is 3.84. The summed E-state index contributed by atoms with van der Waals surface area (Å²) in [6.07, 6.45) is 2.68. The highest BCUT2D eigenvalue weighted by atomic mass is 16.5. The van der Waals surface area contributed by atoms with Crippen molar-refractivity contribution in [3.63, 3.8) is 0 Å². The molecule has 0 unspecified atom stereocenters. The zero-order valence-electron chi connectivity index (χ0n) is 5.26. The summed E-state index contributed by atoms with van der Waals surface area (Å²) >= 11 is 0. The number of hydrogen-bond donors (Lipinski definition) is 1. The predicted molar refractivity (Wildman–Crippen MR) is 32.6 cm³/mol. The van der Waals surface area contributed by atoms with Crippen LogP contribution in [-0.4, -0.2) is 18.8 Å². The second-order valence-electron chi connectivity index (χ2n) is 2.23. The van der Waals surface area contributed by atoms with Crippen LogP contribution in [0.4, 0.5) is 0 Å². The summed E-state index contributed by atoms with van der Waals surface area (Å²) in [5.74, 6) is 0. The second kappa shape index (κ2) is 2.46. The SMILES string of the molecule is CCO[C@@H]1CC[C@H]1N. The molecule has 1 saturated carbocycles. The average Bonchev–Trinajstić information content (AvgIpc) is 1.79. The molecule has 0 heterocycles. The molecule has 2 atom stereocenters. The topological polar surface area (TPSA) is 35.2 Å². The van der Waals surface area contributed by atoms with Crippen molar-refractivity contribution in [3.05, 3.63) is 0 Å². The Morgan fingerprint density at radius 2 is 2.38 bits per heavy atom. The van der Waals surface area contributed by atoms with Crippen LogP contribution in [0.5, 0.6) is 0 Å². The van der Waals surface area contributed by atoms with E-state index in [1.807, 2.05) is 6.92 Å². The molecule has 0 saturated heterocycles. The Bertz CT molecular complexity index is 74.9. The fraction of sp³-hybridized carbons (Fsp3) is 1.00. The summed E-state index contributed by atoms with van der Waals surface area (Å²) in [6.45, 7) is 2.81. The molecule has 48 valence electrons. The lowest BCUT2D eigenvalue weighted by Crippen LogP contribution is -2.45. The van der Waals surface area contributed by atoms with Crippen molar-refractivity contribution in [1.82, 2.24) is 0 Å². The van der Waals surface area contributed by atoms with Crippen LogP contribution in [0, 0.1) is 0 Å². The molecule has 1 fully saturated rings. The van der Waals surface area contributed by atoms with Gasteiger partial charge >= 0.3 is 0 Å². The Balaban J connectivity index is 2.08. The molecular formula is C6H13NO. The summed E-state index contributed by atoms with van der Waals surface area (Å²) in [5.41, 5.74) is 5.58. The summed E-state index contributed by atoms with van der Waals surface area (Å²) in [7, 11) is 0. The van der Waals surface area contributed by atoms with E-state index >= 15 is 0 Å². The lowest BCUT2D eigenvalue weighted by atomic mass is 9.90. The number of hydrogen-bond acceptors (Lipinski definition) is 2. The average molecular weight is 115 g/mol. The van der Waals surface area contributed by atoms with Gasteiger partial charge in [0.1, 0.15) is 0 Å². The van der Waals surface area contributed by atoms with Crippen LogP contribution in [-0.2, 0) is 4.74 Å². The number of nitrogens with two attached hydrogens (primary N) is 1. The van der Waals surface area contributed by atoms with E-state index in [-0.39, 0.29) is 0 Å². The van der Waals surface area contributed by atoms with Crippen LogP contribution in [0.25, 0.3) is 0 Å². The quantitative estimate of drug-likeness (QED) is 0.569. The molecule has 0 aliphatic heterocycles. The van der Waals surface area contributed by atoms with Crippen molar-refractivity contribution in [3.8, 4) is 0 Å². The Morgan fingerprint density at radius 3 is 2.50 bits per heavy atom. The van der Waals surface area contributed by atoms with Crippen LogP contribution in [0.15, 0.2) is 0 Å². The maximum absolute atomic E-state index is 5.58. The molecule has 1 rings (SSSR count). The molecule has 0 amide bonds. The predicted octanol–water partition coefficient (Wildman–Crippen LogP) is 0.513. The summed E-state index contributed by atoms with van der Waals surface area (Å²) in [4.78, 5) is 0. The number of ether oxygens (including phenoxy) is 1. The minimum atomic E-state index is 0.329. The molecule has 1 aliphatic rings. The molecule has 0 aromatic heterocycles. The van der Waals surface area contributed by atoms with E-state index in [1.165, 1.54) is 0 Å². The first-order valence-electron chi connectivity index (χ1n) is 3.21. The van der Waals surface area contributed by atoms with Gasteiger partial charge in [-0.1, -0.05) is 0 Å². The normalized spacial score (nSPS) is 36.8. The van der Waals surface area contributed by atoms with Gasteiger partial charge in [-0.05, 0) is 19.8 Å². The van der Waals surface area contributed by atoms with Gasteiger partial charge in [-0.2, -0.15) is 0 Å². The number of rotatable bonds is 2. The van der Waals surface area contributed by atoms with Crippen LogP contribution < -0.4 is 5.73 Å². The van der Waals surface area contributed by atoms with Gasteiger partial charge in [0.15, 0.2) is 0 Å². The Hall–Kier alpha value is -0.0800. The van der Waals surface area contributed by atoms with Gasteiger partial charge in [0.05, 0.1) is 6.10 Å². The van der Waals surface area contributed by atoms with Gasteiger partial charge in [0.25, 0.3) is 0 Å². The third-order valence-electron chi connectivity index (χ3n) is 1.64. The molecule has 0 radical (unpaired) electrons. The summed E-state index contributed by atoms with van der Waals surface area (Å²) in [5, 5.41) is 0. The smallest absolute Gasteiger partial charge is 0.0726 e. The van der Waals surface area contributed by atoms with E-state index in [0.717, 1.165) is 19.4 Å². The van der Waals surface area contributed by atoms with Crippen LogP contribution in [0.1, 0.15) is 19.8 Å². The molecule has 0 bridgehead atoms. The third-order valence-corrected chi connectivity index (χ3v) is 1.64. The van der Waals surface area contributed by atoms with Crippen molar-refractivity contribution in [2.24, 2.45) is 5.73 Å². The van der Waals surface area contributed by atoms with Crippen molar-refractivity contribution < 1.29 is 4.74 Å². The molecular weight excluding hydrogens is 102 g/mol. The van der Waals surface area contributed by atoms with Crippen molar-refractivity contribution >= 4 is 0 Å². The molecule has 2 nitrogen and oxygen atoms in total. The molecule has 0 aromatic carbocycles. The van der Waals surface area contributed by atoms with E-state index in [4.69, 9.17) is 10.5 Å². The van der Waals surface area contributed by atoms with Gasteiger partial charge < -0.3 is 10.5 Å². The van der Waals surface area contributed by atoms with Crippen LogP contribution in [0.3, 0.4) is 0 Å². The fourth-order valence-electron chi connectivity index (χ4n) is 0.916. The lowest BCUT2D eigenvalue weighted by molar-refractivity contribution is -0.00726. The molecule has 0 aromatic rings. The highest BCUT2D eigenvalue weighted by molar-refractivity contribution is 4.84. The van der Waals surface area contributed by atoms with Crippen molar-refractivity contribution in [2.45, 2.75) is 31.9 Å². The van der Waals surface area contributed by atoms with Gasteiger partial charge in [0, 0.05) is 12.6 Å². The van der Waals surface area contributed by atoms with Gasteiger partial charge in [-0.3, -0.25) is 0 Å². The van der Waals surface area contributed by atoms with E-state index in [1.54, 1.807) is 0 Å². The maximum Gasteiger partial charge on any atom is 0.0726 e. The van der Waals surface area contributed by atoms with E-state index < -0.39 is 0 Å². The molecule has 0 spiro atoms. The Kier molecular flexibility index (Phi) is 1.86. The molecule has 2 N–H and O–H groups in total. The molecule has 2 heteroatoms. The minimum absolute atomic E-state index is 0.329. The van der Waals surface area contributed by atoms with Gasteiger partial charge in [-0.15, -0.1) is 0 Å². The molecule has 8 heavy (non-hydrogen) atoms. The summed E-state index contributed by atoms with van der Waals surface area (Å²) in [6, 6.07) is 0.329. The summed E-state index contributed by atoms with van der Waals surface area (Å²) < 4.78 is 5.27. The maximum atomic E-state index is 5.58. The van der Waals surface area contributed by atoms with Crippen molar-refractivity contribution in [2.75, 3.05) is 6.61 Å². The van der Waals surface area contributed by atoms with Gasteiger partial charge in [0.2, 0.25) is 0 Å². The zero-order valence-corrected chi connectivity index (χ0v) is 5.26. The third kappa shape index (κ3) is 1.01. The Morgan fingerprint density at radius 1 is 1.62 bits per heavy atom. The van der Waals surface area contributed by atoms with Crippen LogP contribution in [0.2, 0.25) is 0 Å². The van der Waals surface area contributed by atoms with Crippen LogP contribution >= 0.6 is 0 Å². The highest BCUT2D eigenvalue weighted by Crippen LogP contribution is 2.20. The minimum Gasteiger partial charge on any atom is -0.377 e. The monoisotopic (exact) mass is 115 g/mol. The molecule has 1 aliphatic carbocycles.